The van der Waals surface area contributed by atoms with Crippen molar-refractivity contribution in [1.29, 1.82) is 0 Å². The Balaban J connectivity index is 1.74. The van der Waals surface area contributed by atoms with E-state index in [-0.39, 0.29) is 31.6 Å². The molecule has 2 bridgehead atoms. The lowest BCUT2D eigenvalue weighted by molar-refractivity contribution is -0.159. The zero-order valence-electron chi connectivity index (χ0n) is 23.5. The molecule has 1 N–H and O–H groups in total. The molecule has 5 atom stereocenters. The van der Waals surface area contributed by atoms with Gasteiger partial charge in [-0.2, -0.15) is 0 Å². The molecular formula is C31H42N2O6. The van der Waals surface area contributed by atoms with E-state index in [0.29, 0.717) is 38.6 Å². The average molecular weight is 539 g/mol. The first kappa shape index (κ1) is 29.0. The number of carbonyl (C=O) groups excluding carboxylic acids is 3. The number of nitrogens with zero attached hydrogens (tertiary/aromatic N) is 2. The minimum absolute atomic E-state index is 0.00543. The number of esters is 1. The third-order valence-electron chi connectivity index (χ3n) is 8.60. The molecule has 8 nitrogen and oxygen atoms in total. The van der Waals surface area contributed by atoms with Gasteiger partial charge in [-0.3, -0.25) is 14.4 Å². The fraction of sp³-hybridized carbons (Fsp3) is 0.581. The molecule has 8 heteroatoms. The zero-order chi connectivity index (χ0) is 28.4. The second-order valence-electron chi connectivity index (χ2n) is 11.3. The van der Waals surface area contributed by atoms with Gasteiger partial charge in [-0.05, 0) is 76.5 Å². The number of unbranched alkanes of at least 4 members (excludes halogenated alkanes) is 2. The first-order valence-corrected chi connectivity index (χ1v) is 14.0. The molecule has 3 fully saturated rings. The number of allylic oxidation sites excluding steroid dienone is 1. The number of anilines is 1. The summed E-state index contributed by atoms with van der Waals surface area (Å²) in [6.45, 7) is 14.2. The van der Waals surface area contributed by atoms with Crippen LogP contribution < -0.4 is 4.90 Å². The molecule has 3 heterocycles. The molecule has 0 aromatic heterocycles. The SMILES string of the molecule is C=CCCCOC(=O)[C@@H]1[C@H]2C(=O)N(CCCCO)C(C(=O)N(CC=C)c3cc(C)ccc3C)C23CC[C@@]1(C)O3. The van der Waals surface area contributed by atoms with Crippen molar-refractivity contribution in [3.63, 3.8) is 0 Å². The van der Waals surface area contributed by atoms with Crippen molar-refractivity contribution in [2.24, 2.45) is 11.8 Å². The van der Waals surface area contributed by atoms with E-state index in [1.807, 2.05) is 39.0 Å². The number of fused-ring (bicyclic) bond motifs is 1. The van der Waals surface area contributed by atoms with Gasteiger partial charge in [0.15, 0.2) is 0 Å². The Morgan fingerprint density at radius 1 is 1.21 bits per heavy atom. The van der Waals surface area contributed by atoms with Crippen LogP contribution in [0.4, 0.5) is 5.69 Å². The number of hydrogen-bond donors (Lipinski definition) is 1. The van der Waals surface area contributed by atoms with Gasteiger partial charge in [0, 0.05) is 25.4 Å². The quantitative estimate of drug-likeness (QED) is 0.233. The van der Waals surface area contributed by atoms with E-state index in [2.05, 4.69) is 13.2 Å². The number of aliphatic hydroxyl groups excluding tert-OH is 1. The second kappa shape index (κ2) is 11.6. The summed E-state index contributed by atoms with van der Waals surface area (Å²) in [5, 5.41) is 9.40. The van der Waals surface area contributed by atoms with Crippen molar-refractivity contribution >= 4 is 23.5 Å². The summed E-state index contributed by atoms with van der Waals surface area (Å²) in [5.74, 6) is -2.51. The van der Waals surface area contributed by atoms with Gasteiger partial charge >= 0.3 is 5.97 Å². The highest BCUT2D eigenvalue weighted by atomic mass is 16.6. The van der Waals surface area contributed by atoms with Crippen molar-refractivity contribution in [2.75, 3.05) is 31.2 Å². The highest BCUT2D eigenvalue weighted by Crippen LogP contribution is 2.63. The maximum absolute atomic E-state index is 14.6. The van der Waals surface area contributed by atoms with Gasteiger partial charge in [-0.15, -0.1) is 13.2 Å². The normalized spacial score (nSPS) is 28.9. The molecule has 2 amide bonds. The summed E-state index contributed by atoms with van der Waals surface area (Å²) in [6, 6.07) is 5.05. The smallest absolute Gasteiger partial charge is 0.312 e. The minimum atomic E-state index is -1.12. The maximum atomic E-state index is 14.6. The molecule has 4 rings (SSSR count). The van der Waals surface area contributed by atoms with E-state index in [4.69, 9.17) is 9.47 Å². The molecule has 0 saturated carbocycles. The van der Waals surface area contributed by atoms with Crippen LogP contribution in [-0.4, -0.2) is 71.3 Å². The van der Waals surface area contributed by atoms with Crippen LogP contribution in [0.2, 0.25) is 0 Å². The van der Waals surface area contributed by atoms with Crippen molar-refractivity contribution < 1.29 is 29.0 Å². The van der Waals surface area contributed by atoms with E-state index in [1.54, 1.807) is 22.0 Å². The van der Waals surface area contributed by atoms with Crippen molar-refractivity contribution in [2.45, 2.75) is 76.5 Å². The fourth-order valence-corrected chi connectivity index (χ4v) is 6.78. The molecule has 1 aromatic carbocycles. The highest BCUT2D eigenvalue weighted by molar-refractivity contribution is 6.05. The number of rotatable bonds is 13. The molecule has 0 aliphatic carbocycles. The van der Waals surface area contributed by atoms with Crippen LogP contribution in [0.15, 0.2) is 43.5 Å². The highest BCUT2D eigenvalue weighted by Gasteiger charge is 2.78. The Labute approximate surface area is 231 Å². The van der Waals surface area contributed by atoms with E-state index < -0.39 is 35.0 Å². The predicted octanol–water partition coefficient (Wildman–Crippen LogP) is 3.87. The Kier molecular flexibility index (Phi) is 8.66. The monoisotopic (exact) mass is 538 g/mol. The predicted molar refractivity (Wildman–Crippen MR) is 149 cm³/mol. The Hall–Kier alpha value is -2.97. The number of aliphatic hydroxyl groups is 1. The van der Waals surface area contributed by atoms with Crippen LogP contribution in [0.3, 0.4) is 0 Å². The maximum Gasteiger partial charge on any atom is 0.312 e. The van der Waals surface area contributed by atoms with Crippen LogP contribution in [0.5, 0.6) is 0 Å². The lowest BCUT2D eigenvalue weighted by Crippen LogP contribution is -2.56. The number of carbonyl (C=O) groups is 3. The molecule has 1 aromatic rings. The fourth-order valence-electron chi connectivity index (χ4n) is 6.78. The van der Waals surface area contributed by atoms with Gasteiger partial charge in [0.1, 0.15) is 17.6 Å². The van der Waals surface area contributed by atoms with Gasteiger partial charge in [0.2, 0.25) is 5.91 Å². The van der Waals surface area contributed by atoms with Crippen LogP contribution in [0, 0.1) is 25.7 Å². The first-order chi connectivity index (χ1) is 18.6. The van der Waals surface area contributed by atoms with Gasteiger partial charge in [0.25, 0.3) is 5.91 Å². The summed E-state index contributed by atoms with van der Waals surface area (Å²) >= 11 is 0. The Bertz CT molecular complexity index is 1130. The van der Waals surface area contributed by atoms with Crippen molar-refractivity contribution in [3.05, 3.63) is 54.6 Å². The van der Waals surface area contributed by atoms with E-state index in [1.165, 1.54) is 0 Å². The summed E-state index contributed by atoms with van der Waals surface area (Å²) in [7, 11) is 0. The molecule has 1 spiro atoms. The van der Waals surface area contributed by atoms with Crippen LogP contribution in [0.25, 0.3) is 0 Å². The molecule has 3 aliphatic heterocycles. The lowest BCUT2D eigenvalue weighted by atomic mass is 9.66. The van der Waals surface area contributed by atoms with E-state index >= 15 is 0 Å². The van der Waals surface area contributed by atoms with E-state index in [9.17, 15) is 19.5 Å². The zero-order valence-corrected chi connectivity index (χ0v) is 23.5. The molecule has 2 unspecified atom stereocenters. The number of aryl methyl sites for hydroxylation is 2. The van der Waals surface area contributed by atoms with Crippen molar-refractivity contribution in [3.8, 4) is 0 Å². The topological polar surface area (TPSA) is 96.4 Å². The molecule has 39 heavy (non-hydrogen) atoms. The number of amides is 2. The molecule has 212 valence electrons. The number of likely N-dealkylation sites (tertiary alicyclic amines) is 1. The van der Waals surface area contributed by atoms with Crippen LogP contribution >= 0.6 is 0 Å². The van der Waals surface area contributed by atoms with Gasteiger partial charge in [0.05, 0.1) is 18.1 Å². The number of ether oxygens (including phenoxy) is 2. The average Bonchev–Trinajstić information content (AvgIpc) is 3.47. The van der Waals surface area contributed by atoms with Crippen LogP contribution in [0.1, 0.15) is 56.6 Å². The van der Waals surface area contributed by atoms with Gasteiger partial charge < -0.3 is 24.4 Å². The molecular weight excluding hydrogens is 496 g/mol. The first-order valence-electron chi connectivity index (χ1n) is 14.0. The summed E-state index contributed by atoms with van der Waals surface area (Å²) < 4.78 is 12.3. The summed E-state index contributed by atoms with van der Waals surface area (Å²) in [6.07, 6.45) is 6.94. The third kappa shape index (κ3) is 5.05. The largest absolute Gasteiger partial charge is 0.465 e. The Morgan fingerprint density at radius 2 is 1.97 bits per heavy atom. The lowest BCUT2D eigenvalue weighted by Gasteiger charge is -2.37. The Morgan fingerprint density at radius 3 is 2.67 bits per heavy atom. The second-order valence-corrected chi connectivity index (χ2v) is 11.3. The molecule has 0 radical (unpaired) electrons. The minimum Gasteiger partial charge on any atom is -0.465 e. The summed E-state index contributed by atoms with van der Waals surface area (Å²) in [5.41, 5.74) is 0.712. The number of benzene rings is 1. The van der Waals surface area contributed by atoms with Gasteiger partial charge in [-0.25, -0.2) is 0 Å². The standard InChI is InChI=1S/C31H42N2O6/c1-6-8-11-19-38-29(37)25-24-27(35)33(17-9-10-18-34)26(31(24)15-14-30(25,5)39-31)28(36)32(16-7-2)23-20-21(3)12-13-22(23)4/h6-7,12-13,20,24-26,34H,1-2,8-11,14-19H2,3-5H3/t24-,25-,26?,30+,31?/m0/s1. The summed E-state index contributed by atoms with van der Waals surface area (Å²) in [4.78, 5) is 45.4. The molecule has 3 saturated heterocycles. The number of hydrogen-bond acceptors (Lipinski definition) is 6. The molecule has 3 aliphatic rings. The van der Waals surface area contributed by atoms with E-state index in [0.717, 1.165) is 23.2 Å². The van der Waals surface area contributed by atoms with Crippen molar-refractivity contribution in [1.82, 2.24) is 4.90 Å². The third-order valence-corrected chi connectivity index (χ3v) is 8.60. The van der Waals surface area contributed by atoms with Gasteiger partial charge in [-0.1, -0.05) is 24.3 Å². The van der Waals surface area contributed by atoms with Crippen LogP contribution in [-0.2, 0) is 23.9 Å².